The molecule has 2 rings (SSSR count). The van der Waals surface area contributed by atoms with Gasteiger partial charge < -0.3 is 9.47 Å². The molecule has 0 aliphatic rings. The van der Waals surface area contributed by atoms with E-state index in [0.29, 0.717) is 16.3 Å². The number of hydrogen-bond donors (Lipinski definition) is 0. The lowest BCUT2D eigenvalue weighted by Crippen LogP contribution is -2.20. The van der Waals surface area contributed by atoms with Gasteiger partial charge in [-0.1, -0.05) is 11.6 Å². The van der Waals surface area contributed by atoms with Crippen molar-refractivity contribution in [2.75, 3.05) is 13.7 Å². The van der Waals surface area contributed by atoms with Gasteiger partial charge in [0.05, 0.1) is 18.8 Å². The van der Waals surface area contributed by atoms with E-state index in [9.17, 15) is 18.0 Å². The molecular formula is C19H22ClF3N2O3S. The molecule has 0 saturated carbocycles. The number of hydrogen-bond acceptors (Lipinski definition) is 4. The van der Waals surface area contributed by atoms with Gasteiger partial charge in [0.15, 0.2) is 0 Å². The lowest BCUT2D eigenvalue weighted by Gasteiger charge is -2.19. The van der Waals surface area contributed by atoms with Crippen LogP contribution in [0.15, 0.2) is 29.4 Å². The van der Waals surface area contributed by atoms with E-state index in [-0.39, 0.29) is 15.8 Å². The van der Waals surface area contributed by atoms with Gasteiger partial charge in [0, 0.05) is 22.3 Å². The van der Waals surface area contributed by atoms with Crippen LogP contribution in [0.4, 0.5) is 13.2 Å². The molecule has 160 valence electrons. The zero-order valence-corrected chi connectivity index (χ0v) is 18.2. The van der Waals surface area contributed by atoms with Crippen LogP contribution in [0.1, 0.15) is 49.7 Å². The van der Waals surface area contributed by atoms with Gasteiger partial charge in [-0.15, -0.1) is 0 Å². The number of nitrogens with zero attached hydrogens (tertiary/aromatic N) is 2. The van der Waals surface area contributed by atoms with E-state index < -0.39 is 24.8 Å². The number of rotatable bonds is 5. The van der Waals surface area contributed by atoms with Gasteiger partial charge in [-0.05, 0) is 57.4 Å². The van der Waals surface area contributed by atoms with Crippen molar-refractivity contribution in [2.24, 2.45) is 4.99 Å². The Hall–Kier alpha value is -1.84. The SMILES string of the molecule is COc1ccc(Cl)cc1C(=O)N=c1sn(C(C)(C)C)cc1C(C)OCC(F)(F)F. The number of amides is 1. The predicted octanol–water partition coefficient (Wildman–Crippen LogP) is 5.35. The average molecular weight is 451 g/mol. The molecule has 0 bridgehead atoms. The molecule has 0 aliphatic carbocycles. The summed E-state index contributed by atoms with van der Waals surface area (Å²) >= 11 is 7.14. The average Bonchev–Trinajstić information content (AvgIpc) is 3.03. The van der Waals surface area contributed by atoms with E-state index in [1.54, 1.807) is 18.3 Å². The molecule has 29 heavy (non-hydrogen) atoms. The second kappa shape index (κ2) is 8.89. The number of ether oxygens (including phenoxy) is 2. The highest BCUT2D eigenvalue weighted by atomic mass is 35.5. The topological polar surface area (TPSA) is 52.8 Å². The molecule has 1 unspecified atom stereocenters. The lowest BCUT2D eigenvalue weighted by molar-refractivity contribution is -0.184. The minimum absolute atomic E-state index is 0.158. The maximum atomic E-state index is 12.8. The van der Waals surface area contributed by atoms with Crippen LogP contribution >= 0.6 is 23.1 Å². The van der Waals surface area contributed by atoms with Gasteiger partial charge in [-0.25, -0.2) is 0 Å². The second-order valence-corrected chi connectivity index (χ2v) is 8.71. The second-order valence-electron chi connectivity index (χ2n) is 7.31. The van der Waals surface area contributed by atoms with Crippen LogP contribution < -0.4 is 9.41 Å². The fourth-order valence-corrected chi connectivity index (χ4v) is 3.60. The van der Waals surface area contributed by atoms with Crippen LogP contribution in [-0.4, -0.2) is 29.8 Å². The van der Waals surface area contributed by atoms with Crippen molar-refractivity contribution in [3.05, 3.63) is 45.2 Å². The Labute approximate surface area is 175 Å². The Balaban J connectivity index is 2.51. The number of alkyl halides is 3. The summed E-state index contributed by atoms with van der Waals surface area (Å²) in [7, 11) is 1.41. The standard InChI is InChI=1S/C19H22ClF3N2O3S/c1-11(28-10-19(21,22)23)14-9-25(18(2,3)4)29-17(14)24-16(26)13-8-12(20)6-7-15(13)27-5/h6-9,11H,10H2,1-5H3. The summed E-state index contributed by atoms with van der Waals surface area (Å²) in [5, 5.41) is 0.336. The zero-order valence-electron chi connectivity index (χ0n) is 16.6. The summed E-state index contributed by atoms with van der Waals surface area (Å²) in [4.78, 5) is 16.9. The van der Waals surface area contributed by atoms with Crippen LogP contribution in [0.2, 0.25) is 5.02 Å². The normalized spacial score (nSPS) is 14.2. The van der Waals surface area contributed by atoms with Crippen molar-refractivity contribution >= 4 is 29.0 Å². The molecule has 1 atom stereocenters. The fourth-order valence-electron chi connectivity index (χ4n) is 2.36. The first-order chi connectivity index (χ1) is 13.3. The highest BCUT2D eigenvalue weighted by Crippen LogP contribution is 2.26. The Kier molecular flexibility index (Phi) is 7.19. The van der Waals surface area contributed by atoms with Crippen LogP contribution in [0.25, 0.3) is 0 Å². The van der Waals surface area contributed by atoms with Crippen LogP contribution in [0, 0.1) is 0 Å². The maximum Gasteiger partial charge on any atom is 0.411 e. The predicted molar refractivity (Wildman–Crippen MR) is 106 cm³/mol. The first-order valence-corrected chi connectivity index (χ1v) is 9.81. The fraction of sp³-hybridized carbons (Fsp3) is 0.474. The molecule has 1 heterocycles. The van der Waals surface area contributed by atoms with E-state index in [1.165, 1.54) is 20.1 Å². The lowest BCUT2D eigenvalue weighted by atomic mass is 10.1. The molecule has 0 spiro atoms. The van der Waals surface area contributed by atoms with Crippen molar-refractivity contribution < 1.29 is 27.4 Å². The Morgan fingerprint density at radius 2 is 1.97 bits per heavy atom. The third-order valence-corrected chi connectivity index (χ3v) is 5.46. The molecule has 0 fully saturated rings. The van der Waals surface area contributed by atoms with Crippen molar-refractivity contribution in [3.8, 4) is 5.75 Å². The molecule has 0 N–H and O–H groups in total. The highest BCUT2D eigenvalue weighted by molar-refractivity contribution is 7.04. The van der Waals surface area contributed by atoms with Crippen molar-refractivity contribution in [3.63, 3.8) is 0 Å². The Morgan fingerprint density at radius 3 is 2.52 bits per heavy atom. The van der Waals surface area contributed by atoms with Crippen molar-refractivity contribution in [1.82, 2.24) is 3.96 Å². The number of carbonyl (C=O) groups is 1. The van der Waals surface area contributed by atoms with Gasteiger partial charge in [0.1, 0.15) is 17.0 Å². The molecule has 0 aliphatic heterocycles. The summed E-state index contributed by atoms with van der Waals surface area (Å²) < 4.78 is 49.9. The molecule has 2 aromatic rings. The summed E-state index contributed by atoms with van der Waals surface area (Å²) in [5.74, 6) is -0.317. The van der Waals surface area contributed by atoms with Crippen LogP contribution in [0.5, 0.6) is 5.75 Å². The van der Waals surface area contributed by atoms with E-state index in [4.69, 9.17) is 21.1 Å². The van der Waals surface area contributed by atoms with Crippen molar-refractivity contribution in [1.29, 1.82) is 0 Å². The molecule has 5 nitrogen and oxygen atoms in total. The van der Waals surface area contributed by atoms with Crippen LogP contribution in [0.3, 0.4) is 0 Å². The van der Waals surface area contributed by atoms with E-state index >= 15 is 0 Å². The van der Waals surface area contributed by atoms with Gasteiger partial charge in [0.25, 0.3) is 5.91 Å². The smallest absolute Gasteiger partial charge is 0.411 e. The molecule has 0 radical (unpaired) electrons. The first-order valence-electron chi connectivity index (χ1n) is 8.66. The van der Waals surface area contributed by atoms with Gasteiger partial charge in [-0.2, -0.15) is 18.2 Å². The third-order valence-electron chi connectivity index (χ3n) is 3.88. The van der Waals surface area contributed by atoms with Crippen molar-refractivity contribution in [2.45, 2.75) is 45.5 Å². The van der Waals surface area contributed by atoms with E-state index in [0.717, 1.165) is 11.5 Å². The molecule has 1 aromatic heterocycles. The molecule has 0 saturated heterocycles. The number of aromatic nitrogens is 1. The third kappa shape index (κ3) is 6.32. The quantitative estimate of drug-likeness (QED) is 0.617. The highest BCUT2D eigenvalue weighted by Gasteiger charge is 2.30. The number of methoxy groups -OCH3 is 1. The summed E-state index contributed by atoms with van der Waals surface area (Å²) in [6.45, 7) is 5.89. The number of halogens is 4. The largest absolute Gasteiger partial charge is 0.496 e. The van der Waals surface area contributed by atoms with Gasteiger partial charge >= 0.3 is 6.18 Å². The van der Waals surface area contributed by atoms with Gasteiger partial charge in [0.2, 0.25) is 0 Å². The maximum absolute atomic E-state index is 12.8. The Morgan fingerprint density at radius 1 is 1.31 bits per heavy atom. The van der Waals surface area contributed by atoms with Gasteiger partial charge in [-0.3, -0.25) is 8.75 Å². The van der Waals surface area contributed by atoms with Crippen LogP contribution in [-0.2, 0) is 10.3 Å². The summed E-state index contributed by atoms with van der Waals surface area (Å²) in [5.41, 5.74) is 0.197. The minimum Gasteiger partial charge on any atom is -0.496 e. The Bertz CT molecular complexity index is 945. The number of carbonyl (C=O) groups excluding carboxylic acids is 1. The number of benzene rings is 1. The van der Waals surface area contributed by atoms with E-state index in [1.807, 2.05) is 24.7 Å². The molecule has 10 heteroatoms. The summed E-state index contributed by atoms with van der Waals surface area (Å²) in [6, 6.07) is 4.56. The monoisotopic (exact) mass is 450 g/mol. The minimum atomic E-state index is -4.45. The summed E-state index contributed by atoms with van der Waals surface area (Å²) in [6.07, 6.45) is -3.71. The first kappa shape index (κ1) is 23.4. The van der Waals surface area contributed by atoms with E-state index in [2.05, 4.69) is 4.99 Å². The molecular weight excluding hydrogens is 429 g/mol. The molecule has 1 amide bonds. The zero-order chi connectivity index (χ0) is 22.0. The molecule has 1 aromatic carbocycles.